The van der Waals surface area contributed by atoms with Crippen LogP contribution in [-0.4, -0.2) is 20.6 Å². The molecule has 1 heterocycles. The smallest absolute Gasteiger partial charge is 0.194 e. The molecule has 1 spiro atoms. The molecule has 0 amide bonds. The van der Waals surface area contributed by atoms with Crippen molar-refractivity contribution in [1.82, 2.24) is 20.6 Å². The largest absolute Gasteiger partial charge is 0.318 e. The molecular weight excluding hydrogens is 178 g/mol. The van der Waals surface area contributed by atoms with E-state index < -0.39 is 0 Å². The number of hydrogen-bond acceptors (Lipinski definition) is 4. The Morgan fingerprint density at radius 3 is 2.43 bits per heavy atom. The summed E-state index contributed by atoms with van der Waals surface area (Å²) in [5.74, 6) is 0.717. The van der Waals surface area contributed by atoms with Crippen molar-refractivity contribution in [2.45, 2.75) is 44.1 Å². The molecule has 5 nitrogen and oxygen atoms in total. The highest BCUT2D eigenvalue weighted by Crippen LogP contribution is 2.60. The first-order valence-corrected chi connectivity index (χ1v) is 5.30. The number of hydrogen-bond donors (Lipinski definition) is 2. The molecule has 5 heteroatoms. The molecule has 0 aromatic carbocycles. The summed E-state index contributed by atoms with van der Waals surface area (Å²) >= 11 is 0. The van der Waals surface area contributed by atoms with Crippen LogP contribution in [0.3, 0.4) is 0 Å². The summed E-state index contributed by atoms with van der Waals surface area (Å²) in [6, 6.07) is 0. The van der Waals surface area contributed by atoms with E-state index in [2.05, 4.69) is 20.6 Å². The van der Waals surface area contributed by atoms with Crippen molar-refractivity contribution in [3.8, 4) is 0 Å². The summed E-state index contributed by atoms with van der Waals surface area (Å²) < 4.78 is 0. The van der Waals surface area contributed by atoms with Crippen LogP contribution in [0.1, 0.15) is 44.3 Å². The molecule has 1 aromatic rings. The highest BCUT2D eigenvalue weighted by atomic mass is 15.5. The van der Waals surface area contributed by atoms with E-state index in [1.54, 1.807) is 0 Å². The Morgan fingerprint density at radius 1 is 1.14 bits per heavy atom. The molecule has 76 valence electrons. The average Bonchev–Trinajstić information content (AvgIpc) is 2.67. The zero-order valence-electron chi connectivity index (χ0n) is 8.16. The van der Waals surface area contributed by atoms with Crippen molar-refractivity contribution < 1.29 is 0 Å². The summed E-state index contributed by atoms with van der Waals surface area (Å²) in [6.45, 7) is 0. The normalized spacial score (nSPS) is 34.6. The monoisotopic (exact) mass is 193 g/mol. The Labute approximate surface area is 82.5 Å². The van der Waals surface area contributed by atoms with Crippen molar-refractivity contribution in [2.75, 3.05) is 0 Å². The molecule has 1 unspecified atom stereocenters. The predicted molar refractivity (Wildman–Crippen MR) is 50.2 cm³/mol. The molecule has 1 atom stereocenters. The van der Waals surface area contributed by atoms with Crippen molar-refractivity contribution >= 4 is 0 Å². The molecule has 0 saturated heterocycles. The second-order valence-corrected chi connectivity index (χ2v) is 4.69. The van der Waals surface area contributed by atoms with E-state index in [0.29, 0.717) is 0 Å². The first-order chi connectivity index (χ1) is 6.77. The van der Waals surface area contributed by atoms with Gasteiger partial charge in [-0.15, -0.1) is 10.2 Å². The lowest BCUT2D eigenvalue weighted by Crippen LogP contribution is -2.53. The van der Waals surface area contributed by atoms with E-state index in [0.717, 1.165) is 12.2 Å². The molecule has 2 saturated carbocycles. The first kappa shape index (κ1) is 8.35. The van der Waals surface area contributed by atoms with E-state index >= 15 is 0 Å². The standard InChI is InChI=1S/C9H15N5/c10-9(7-11-13-14-12-7)6-2-5-8(9)3-1-4-8/h1-6,10H2,(H,11,12,13,14). The fourth-order valence-corrected chi connectivity index (χ4v) is 3.19. The minimum absolute atomic E-state index is 0.289. The minimum atomic E-state index is -0.307. The Bertz CT molecular complexity index is 329. The van der Waals surface area contributed by atoms with E-state index in [-0.39, 0.29) is 11.0 Å². The van der Waals surface area contributed by atoms with Gasteiger partial charge in [-0.25, -0.2) is 0 Å². The van der Waals surface area contributed by atoms with Crippen molar-refractivity contribution in [1.29, 1.82) is 0 Å². The number of nitrogens with zero attached hydrogens (tertiary/aromatic N) is 3. The Kier molecular flexibility index (Phi) is 1.51. The number of nitrogens with two attached hydrogens (primary N) is 1. The molecule has 2 fully saturated rings. The number of nitrogens with one attached hydrogen (secondary N) is 1. The lowest BCUT2D eigenvalue weighted by molar-refractivity contribution is 0.0454. The number of tetrazole rings is 1. The van der Waals surface area contributed by atoms with Gasteiger partial charge in [-0.2, -0.15) is 5.21 Å². The molecule has 14 heavy (non-hydrogen) atoms. The van der Waals surface area contributed by atoms with Crippen molar-refractivity contribution in [2.24, 2.45) is 11.1 Å². The zero-order chi connectivity index (χ0) is 9.65. The summed E-state index contributed by atoms with van der Waals surface area (Å²) in [5.41, 5.74) is 6.46. The highest BCUT2D eigenvalue weighted by Gasteiger charge is 2.58. The Hall–Kier alpha value is -0.970. The third-order valence-corrected chi connectivity index (χ3v) is 4.23. The molecule has 0 aliphatic heterocycles. The predicted octanol–water partition coefficient (Wildman–Crippen LogP) is 0.708. The summed E-state index contributed by atoms with van der Waals surface area (Å²) in [6.07, 6.45) is 7.21. The molecule has 0 radical (unpaired) electrons. The van der Waals surface area contributed by atoms with Gasteiger partial charge in [-0.05, 0) is 31.1 Å². The Balaban J connectivity index is 2.02. The van der Waals surface area contributed by atoms with E-state index in [9.17, 15) is 0 Å². The molecule has 0 bridgehead atoms. The fraction of sp³-hybridized carbons (Fsp3) is 0.889. The molecule has 1 aromatic heterocycles. The van der Waals surface area contributed by atoms with Gasteiger partial charge in [0.2, 0.25) is 0 Å². The first-order valence-electron chi connectivity index (χ1n) is 5.30. The van der Waals surface area contributed by atoms with Crippen LogP contribution in [0.25, 0.3) is 0 Å². The lowest BCUT2D eigenvalue weighted by atomic mass is 9.59. The van der Waals surface area contributed by atoms with E-state index in [1.165, 1.54) is 32.1 Å². The van der Waals surface area contributed by atoms with Crippen LogP contribution in [0.4, 0.5) is 0 Å². The van der Waals surface area contributed by atoms with Crippen LogP contribution < -0.4 is 5.73 Å². The van der Waals surface area contributed by atoms with Gasteiger partial charge in [0, 0.05) is 0 Å². The van der Waals surface area contributed by atoms with Crippen LogP contribution in [0.5, 0.6) is 0 Å². The van der Waals surface area contributed by atoms with Gasteiger partial charge in [0.1, 0.15) is 0 Å². The fourth-order valence-electron chi connectivity index (χ4n) is 3.19. The lowest BCUT2D eigenvalue weighted by Gasteiger charge is -2.48. The average molecular weight is 193 g/mol. The van der Waals surface area contributed by atoms with Gasteiger partial charge in [-0.1, -0.05) is 18.1 Å². The summed E-state index contributed by atoms with van der Waals surface area (Å²) in [4.78, 5) is 0. The topological polar surface area (TPSA) is 80.5 Å². The maximum atomic E-state index is 6.48. The second kappa shape index (κ2) is 2.53. The van der Waals surface area contributed by atoms with Gasteiger partial charge >= 0.3 is 0 Å². The van der Waals surface area contributed by atoms with Gasteiger partial charge < -0.3 is 5.73 Å². The number of rotatable bonds is 1. The van der Waals surface area contributed by atoms with Crippen LogP contribution in [0.2, 0.25) is 0 Å². The van der Waals surface area contributed by atoms with Gasteiger partial charge in [0.05, 0.1) is 5.54 Å². The van der Waals surface area contributed by atoms with Gasteiger partial charge in [0.15, 0.2) is 5.82 Å². The number of H-pyrrole nitrogens is 1. The summed E-state index contributed by atoms with van der Waals surface area (Å²) in [5, 5.41) is 14.3. The highest BCUT2D eigenvalue weighted by molar-refractivity contribution is 5.17. The maximum Gasteiger partial charge on any atom is 0.194 e. The van der Waals surface area contributed by atoms with E-state index in [4.69, 9.17) is 5.73 Å². The third kappa shape index (κ3) is 0.809. The maximum absolute atomic E-state index is 6.48. The van der Waals surface area contributed by atoms with Crippen LogP contribution >= 0.6 is 0 Å². The van der Waals surface area contributed by atoms with Crippen molar-refractivity contribution in [3.05, 3.63) is 5.82 Å². The minimum Gasteiger partial charge on any atom is -0.318 e. The second-order valence-electron chi connectivity index (χ2n) is 4.69. The molecule has 3 rings (SSSR count). The Morgan fingerprint density at radius 2 is 1.86 bits per heavy atom. The van der Waals surface area contributed by atoms with Crippen LogP contribution in [0, 0.1) is 5.41 Å². The van der Waals surface area contributed by atoms with Gasteiger partial charge in [-0.3, -0.25) is 0 Å². The SMILES string of the molecule is NC1(c2nn[nH]n2)CCCC12CCC2. The number of aromatic amines is 1. The van der Waals surface area contributed by atoms with E-state index in [1.807, 2.05) is 0 Å². The van der Waals surface area contributed by atoms with Gasteiger partial charge in [0.25, 0.3) is 0 Å². The molecule has 3 N–H and O–H groups in total. The molecular formula is C9H15N5. The van der Waals surface area contributed by atoms with Crippen molar-refractivity contribution in [3.63, 3.8) is 0 Å². The quantitative estimate of drug-likeness (QED) is 0.688. The number of aromatic nitrogens is 4. The zero-order valence-corrected chi connectivity index (χ0v) is 8.16. The summed E-state index contributed by atoms with van der Waals surface area (Å²) in [7, 11) is 0. The molecule has 2 aliphatic rings. The third-order valence-electron chi connectivity index (χ3n) is 4.23. The van der Waals surface area contributed by atoms with Crippen LogP contribution in [0.15, 0.2) is 0 Å². The van der Waals surface area contributed by atoms with Crippen LogP contribution in [-0.2, 0) is 5.54 Å². The molecule has 2 aliphatic carbocycles.